The van der Waals surface area contributed by atoms with Crippen LogP contribution in [0.25, 0.3) is 16.7 Å². The summed E-state index contributed by atoms with van der Waals surface area (Å²) >= 11 is 0. The molecule has 3 aromatic rings. The SMILES string of the molecule is CCCCn1c(=O)[nH]c(=O)c2c1nc(CCC(=O)N1CC=C(c3ccccc3)CC1)n2CC(C)C. The van der Waals surface area contributed by atoms with Crippen LogP contribution < -0.4 is 11.2 Å². The van der Waals surface area contributed by atoms with Crippen LogP contribution in [0.15, 0.2) is 46.0 Å². The van der Waals surface area contributed by atoms with Gasteiger partial charge in [0.25, 0.3) is 5.56 Å². The van der Waals surface area contributed by atoms with Gasteiger partial charge in [-0.3, -0.25) is 19.1 Å². The van der Waals surface area contributed by atoms with E-state index in [2.05, 4.69) is 44.0 Å². The van der Waals surface area contributed by atoms with Crippen molar-refractivity contribution in [1.29, 1.82) is 0 Å². The molecule has 0 saturated carbocycles. The van der Waals surface area contributed by atoms with Crippen molar-refractivity contribution in [2.45, 2.75) is 66.0 Å². The normalized spacial score (nSPS) is 14.1. The number of unbranched alkanes of at least 4 members (excludes halogenated alkanes) is 1. The maximum atomic E-state index is 13.0. The predicted octanol–water partition coefficient (Wildman–Crippen LogP) is 3.59. The Morgan fingerprint density at radius 3 is 2.57 bits per heavy atom. The molecular weight excluding hydrogens is 442 g/mol. The first-order valence-electron chi connectivity index (χ1n) is 12.6. The summed E-state index contributed by atoms with van der Waals surface area (Å²) < 4.78 is 3.46. The molecule has 3 heterocycles. The van der Waals surface area contributed by atoms with Gasteiger partial charge in [-0.25, -0.2) is 9.78 Å². The maximum Gasteiger partial charge on any atom is 0.330 e. The molecule has 186 valence electrons. The average molecular weight is 478 g/mol. The van der Waals surface area contributed by atoms with E-state index in [0.717, 1.165) is 19.3 Å². The second-order valence-corrected chi connectivity index (χ2v) is 9.65. The van der Waals surface area contributed by atoms with Crippen molar-refractivity contribution in [3.63, 3.8) is 0 Å². The molecule has 0 bridgehead atoms. The summed E-state index contributed by atoms with van der Waals surface area (Å²) in [5.41, 5.74) is 2.48. The lowest BCUT2D eigenvalue weighted by Crippen LogP contribution is -2.35. The molecule has 2 aromatic heterocycles. The van der Waals surface area contributed by atoms with Crippen LogP contribution in [0.4, 0.5) is 0 Å². The first-order chi connectivity index (χ1) is 16.9. The van der Waals surface area contributed by atoms with Crippen LogP contribution in [0.1, 0.15) is 57.8 Å². The predicted molar refractivity (Wildman–Crippen MR) is 138 cm³/mol. The van der Waals surface area contributed by atoms with Gasteiger partial charge in [-0.1, -0.05) is 63.6 Å². The van der Waals surface area contributed by atoms with Gasteiger partial charge in [-0.2, -0.15) is 0 Å². The molecule has 4 rings (SSSR count). The van der Waals surface area contributed by atoms with Crippen molar-refractivity contribution in [3.05, 3.63) is 68.6 Å². The van der Waals surface area contributed by atoms with Gasteiger partial charge in [-0.05, 0) is 29.9 Å². The van der Waals surface area contributed by atoms with Gasteiger partial charge in [0.15, 0.2) is 11.2 Å². The Hall–Kier alpha value is -3.42. The molecule has 1 N–H and O–H groups in total. The lowest BCUT2D eigenvalue weighted by Gasteiger charge is -2.27. The van der Waals surface area contributed by atoms with E-state index in [1.807, 2.05) is 27.7 Å². The van der Waals surface area contributed by atoms with Crippen LogP contribution in [0.5, 0.6) is 0 Å². The molecule has 0 aliphatic carbocycles. The van der Waals surface area contributed by atoms with Gasteiger partial charge < -0.3 is 9.47 Å². The molecule has 0 spiro atoms. The highest BCUT2D eigenvalue weighted by Gasteiger charge is 2.22. The van der Waals surface area contributed by atoms with Gasteiger partial charge in [0, 0.05) is 39.0 Å². The van der Waals surface area contributed by atoms with Crippen molar-refractivity contribution >= 4 is 22.6 Å². The zero-order valence-electron chi connectivity index (χ0n) is 20.9. The summed E-state index contributed by atoms with van der Waals surface area (Å²) in [5.74, 6) is 1.04. The van der Waals surface area contributed by atoms with E-state index in [4.69, 9.17) is 4.98 Å². The van der Waals surface area contributed by atoms with Crippen molar-refractivity contribution in [2.75, 3.05) is 13.1 Å². The summed E-state index contributed by atoms with van der Waals surface area (Å²) in [6, 6.07) is 10.3. The van der Waals surface area contributed by atoms with Crippen molar-refractivity contribution in [3.8, 4) is 0 Å². The number of carbonyl (C=O) groups is 1. The molecule has 0 saturated heterocycles. The van der Waals surface area contributed by atoms with E-state index in [1.54, 1.807) is 4.57 Å². The highest BCUT2D eigenvalue weighted by Crippen LogP contribution is 2.23. The fourth-order valence-electron chi connectivity index (χ4n) is 4.68. The Labute approximate surface area is 205 Å². The van der Waals surface area contributed by atoms with Gasteiger partial charge in [-0.15, -0.1) is 0 Å². The number of hydrogen-bond donors (Lipinski definition) is 1. The van der Waals surface area contributed by atoms with Crippen molar-refractivity contribution < 1.29 is 4.79 Å². The van der Waals surface area contributed by atoms with Crippen LogP contribution in [-0.2, 0) is 24.3 Å². The number of benzene rings is 1. The number of fused-ring (bicyclic) bond motifs is 1. The van der Waals surface area contributed by atoms with E-state index in [-0.39, 0.29) is 11.8 Å². The summed E-state index contributed by atoms with van der Waals surface area (Å²) in [5, 5.41) is 0. The molecular formula is C27H35N5O3. The third kappa shape index (κ3) is 5.47. The lowest BCUT2D eigenvalue weighted by atomic mass is 9.99. The summed E-state index contributed by atoms with van der Waals surface area (Å²) in [7, 11) is 0. The average Bonchev–Trinajstić information content (AvgIpc) is 3.20. The fourth-order valence-corrected chi connectivity index (χ4v) is 4.68. The molecule has 35 heavy (non-hydrogen) atoms. The number of H-pyrrole nitrogens is 1. The van der Waals surface area contributed by atoms with Crippen LogP contribution >= 0.6 is 0 Å². The quantitative estimate of drug-likeness (QED) is 0.510. The number of aryl methyl sites for hydroxylation is 2. The fraction of sp³-hybridized carbons (Fsp3) is 0.481. The second kappa shape index (κ2) is 10.9. The lowest BCUT2D eigenvalue weighted by molar-refractivity contribution is -0.130. The molecule has 0 radical (unpaired) electrons. The zero-order valence-corrected chi connectivity index (χ0v) is 20.9. The molecule has 0 fully saturated rings. The number of imidazole rings is 1. The number of carbonyl (C=O) groups excluding carboxylic acids is 1. The van der Waals surface area contributed by atoms with Crippen molar-refractivity contribution in [2.24, 2.45) is 5.92 Å². The number of aromatic nitrogens is 4. The minimum Gasteiger partial charge on any atom is -0.339 e. The van der Waals surface area contributed by atoms with Crippen molar-refractivity contribution in [1.82, 2.24) is 24.0 Å². The molecule has 8 nitrogen and oxygen atoms in total. The van der Waals surface area contributed by atoms with Gasteiger partial charge in [0.2, 0.25) is 5.91 Å². The molecule has 1 aliphatic heterocycles. The van der Waals surface area contributed by atoms with E-state index in [1.165, 1.54) is 11.1 Å². The van der Waals surface area contributed by atoms with E-state index in [9.17, 15) is 14.4 Å². The third-order valence-corrected chi connectivity index (χ3v) is 6.52. The Kier molecular flexibility index (Phi) is 7.68. The Morgan fingerprint density at radius 2 is 1.91 bits per heavy atom. The zero-order chi connectivity index (χ0) is 24.9. The maximum absolute atomic E-state index is 13.0. The first kappa shape index (κ1) is 24.7. The van der Waals surface area contributed by atoms with Crippen LogP contribution in [0.2, 0.25) is 0 Å². The molecule has 1 aromatic carbocycles. The summed E-state index contributed by atoms with van der Waals surface area (Å²) in [6.45, 7) is 8.60. The van der Waals surface area contributed by atoms with E-state index in [0.29, 0.717) is 56.0 Å². The highest BCUT2D eigenvalue weighted by atomic mass is 16.2. The number of nitrogens with one attached hydrogen (secondary N) is 1. The third-order valence-electron chi connectivity index (χ3n) is 6.52. The molecule has 0 atom stereocenters. The molecule has 1 aliphatic rings. The van der Waals surface area contributed by atoms with Gasteiger partial charge in [0.1, 0.15) is 5.82 Å². The largest absolute Gasteiger partial charge is 0.339 e. The van der Waals surface area contributed by atoms with E-state index >= 15 is 0 Å². The van der Waals surface area contributed by atoms with Crippen LogP contribution in [0.3, 0.4) is 0 Å². The topological polar surface area (TPSA) is 93.0 Å². The number of hydrogen-bond acceptors (Lipinski definition) is 4. The summed E-state index contributed by atoms with van der Waals surface area (Å²) in [4.78, 5) is 47.4. The molecule has 8 heteroatoms. The van der Waals surface area contributed by atoms with Gasteiger partial charge in [0.05, 0.1) is 0 Å². The molecule has 1 amide bonds. The Balaban J connectivity index is 1.55. The smallest absolute Gasteiger partial charge is 0.330 e. The number of aromatic amines is 1. The van der Waals surface area contributed by atoms with Crippen LogP contribution in [-0.4, -0.2) is 43.0 Å². The number of rotatable bonds is 9. The summed E-state index contributed by atoms with van der Waals surface area (Å²) in [6.07, 6.45) is 5.45. The standard InChI is InChI=1S/C27H35N5O3/c1-4-5-15-31-25-24(26(34)29-27(31)35)32(18-19(2)3)22(28-25)11-12-23(33)30-16-13-21(14-17-30)20-9-7-6-8-10-20/h6-10,13,19H,4-5,11-12,14-18H2,1-3H3,(H,29,34,35). The van der Waals surface area contributed by atoms with Crippen LogP contribution in [0, 0.1) is 5.92 Å². The second-order valence-electron chi connectivity index (χ2n) is 9.65. The minimum absolute atomic E-state index is 0.0776. The molecule has 0 unspecified atom stereocenters. The number of nitrogens with zero attached hydrogens (tertiary/aromatic N) is 4. The van der Waals surface area contributed by atoms with Gasteiger partial charge >= 0.3 is 5.69 Å². The van der Waals surface area contributed by atoms with E-state index < -0.39 is 11.2 Å². The highest BCUT2D eigenvalue weighted by molar-refractivity contribution is 5.79. The minimum atomic E-state index is -0.429. The Bertz CT molecular complexity index is 1330. The monoisotopic (exact) mass is 477 g/mol. The Morgan fingerprint density at radius 1 is 1.14 bits per heavy atom. The number of amides is 1. The first-order valence-corrected chi connectivity index (χ1v) is 12.6.